The van der Waals surface area contributed by atoms with Gasteiger partial charge in [0.25, 0.3) is 0 Å². The van der Waals surface area contributed by atoms with Crippen molar-refractivity contribution in [2.45, 2.75) is 6.42 Å². The maximum absolute atomic E-state index is 12.8. The number of carbonyl (C=O) groups excluding carboxylic acids is 2. The molecule has 2 aliphatic heterocycles. The summed E-state index contributed by atoms with van der Waals surface area (Å²) >= 11 is 6.05. The smallest absolute Gasteiger partial charge is 0.234 e. The molecule has 0 spiro atoms. The number of carbonyl (C=O) groups is 2. The highest BCUT2D eigenvalue weighted by atomic mass is 35.5. The van der Waals surface area contributed by atoms with Crippen LogP contribution in [0.25, 0.3) is 0 Å². The summed E-state index contributed by atoms with van der Waals surface area (Å²) in [5.74, 6) is 0.738. The van der Waals surface area contributed by atoms with Gasteiger partial charge in [-0.05, 0) is 30.2 Å². The molecular formula is C19H24ClN3O3. The van der Waals surface area contributed by atoms with Gasteiger partial charge >= 0.3 is 0 Å². The van der Waals surface area contributed by atoms with Gasteiger partial charge in [0.2, 0.25) is 11.8 Å². The minimum atomic E-state index is -0.177. The van der Waals surface area contributed by atoms with Crippen molar-refractivity contribution >= 4 is 23.4 Å². The summed E-state index contributed by atoms with van der Waals surface area (Å²) in [6.45, 7) is 7.47. The predicted octanol–water partition coefficient (Wildman–Crippen LogP) is 1.34. The number of amides is 2. The lowest BCUT2D eigenvalue weighted by Gasteiger charge is -2.37. The van der Waals surface area contributed by atoms with Gasteiger partial charge in [0.1, 0.15) is 12.4 Å². The zero-order chi connectivity index (χ0) is 18.5. The number of halogens is 1. The third kappa shape index (κ3) is 4.56. The Morgan fingerprint density at radius 2 is 2.08 bits per heavy atom. The van der Waals surface area contributed by atoms with Crippen LogP contribution in [0.3, 0.4) is 0 Å². The number of rotatable bonds is 5. The number of nitrogens with one attached hydrogen (secondary N) is 1. The fourth-order valence-corrected chi connectivity index (χ4v) is 3.55. The number of hydrogen-bond acceptors (Lipinski definition) is 4. The molecule has 0 aromatic heterocycles. The zero-order valence-electron chi connectivity index (χ0n) is 14.7. The summed E-state index contributed by atoms with van der Waals surface area (Å²) in [5.41, 5.74) is 0.986. The minimum absolute atomic E-state index is 0.0150. The summed E-state index contributed by atoms with van der Waals surface area (Å²) in [6, 6.07) is 5.53. The molecular weight excluding hydrogens is 354 g/mol. The van der Waals surface area contributed by atoms with Gasteiger partial charge in [0, 0.05) is 37.7 Å². The van der Waals surface area contributed by atoms with Gasteiger partial charge in [0.15, 0.2) is 0 Å². The number of piperazine rings is 1. The van der Waals surface area contributed by atoms with E-state index in [9.17, 15) is 9.59 Å². The summed E-state index contributed by atoms with van der Waals surface area (Å²) < 4.78 is 5.74. The lowest BCUT2D eigenvalue weighted by molar-refractivity contribution is -0.138. The maximum Gasteiger partial charge on any atom is 0.234 e. The van der Waals surface area contributed by atoms with Crippen molar-refractivity contribution in [3.63, 3.8) is 0 Å². The van der Waals surface area contributed by atoms with Crippen LogP contribution in [0.5, 0.6) is 5.75 Å². The second kappa shape index (κ2) is 8.56. The fraction of sp³-hybridized carbons (Fsp3) is 0.474. The van der Waals surface area contributed by atoms with E-state index >= 15 is 0 Å². The van der Waals surface area contributed by atoms with Crippen LogP contribution in [-0.4, -0.2) is 67.5 Å². The molecule has 1 N–H and O–H groups in total. The van der Waals surface area contributed by atoms with E-state index in [4.69, 9.17) is 16.3 Å². The van der Waals surface area contributed by atoms with Gasteiger partial charge in [-0.15, -0.1) is 6.58 Å². The SMILES string of the molecule is C=CCNC(=O)CN1CCN(C(=O)[C@H]2COc3ccc(Cl)cc3C2)CC1. The van der Waals surface area contributed by atoms with Crippen LogP contribution < -0.4 is 10.1 Å². The molecule has 2 amide bonds. The van der Waals surface area contributed by atoms with Gasteiger partial charge in [-0.2, -0.15) is 0 Å². The molecule has 7 heteroatoms. The number of fused-ring (bicyclic) bond motifs is 1. The Bertz CT molecular complexity index is 687. The Balaban J connectivity index is 1.50. The molecule has 0 radical (unpaired) electrons. The van der Waals surface area contributed by atoms with Crippen molar-refractivity contribution in [3.8, 4) is 5.75 Å². The first-order valence-corrected chi connectivity index (χ1v) is 9.24. The monoisotopic (exact) mass is 377 g/mol. The first kappa shape index (κ1) is 18.7. The molecule has 2 heterocycles. The standard InChI is InChI=1S/C19H24ClN3O3/c1-2-5-21-18(24)12-22-6-8-23(9-7-22)19(25)15-10-14-11-16(20)3-4-17(14)26-13-15/h2-4,11,15H,1,5-10,12-13H2,(H,21,24)/t15-/m1/s1. The highest BCUT2D eigenvalue weighted by Crippen LogP contribution is 2.30. The van der Waals surface area contributed by atoms with Crippen molar-refractivity contribution in [3.05, 3.63) is 41.4 Å². The van der Waals surface area contributed by atoms with Gasteiger partial charge < -0.3 is 15.0 Å². The number of nitrogens with zero attached hydrogens (tertiary/aromatic N) is 2. The lowest BCUT2D eigenvalue weighted by Crippen LogP contribution is -2.53. The Hall–Kier alpha value is -2.05. The molecule has 26 heavy (non-hydrogen) atoms. The van der Waals surface area contributed by atoms with E-state index in [0.717, 1.165) is 11.3 Å². The molecule has 140 valence electrons. The first-order valence-electron chi connectivity index (χ1n) is 8.87. The van der Waals surface area contributed by atoms with Crippen LogP contribution in [0.1, 0.15) is 5.56 Å². The molecule has 0 bridgehead atoms. The van der Waals surface area contributed by atoms with Crippen LogP contribution in [-0.2, 0) is 16.0 Å². The largest absolute Gasteiger partial charge is 0.492 e. The van der Waals surface area contributed by atoms with E-state index in [1.54, 1.807) is 12.1 Å². The van der Waals surface area contributed by atoms with E-state index in [-0.39, 0.29) is 17.7 Å². The molecule has 1 aromatic carbocycles. The Labute approximate surface area is 158 Å². The van der Waals surface area contributed by atoms with Crippen LogP contribution >= 0.6 is 11.6 Å². The third-order valence-electron chi connectivity index (χ3n) is 4.77. The highest BCUT2D eigenvalue weighted by molar-refractivity contribution is 6.30. The molecule has 2 aliphatic rings. The van der Waals surface area contributed by atoms with Crippen LogP contribution in [0.15, 0.2) is 30.9 Å². The minimum Gasteiger partial charge on any atom is -0.492 e. The van der Waals surface area contributed by atoms with Crippen molar-refractivity contribution in [1.29, 1.82) is 0 Å². The van der Waals surface area contributed by atoms with E-state index < -0.39 is 0 Å². The van der Waals surface area contributed by atoms with Crippen molar-refractivity contribution < 1.29 is 14.3 Å². The molecule has 3 rings (SSSR count). The van der Waals surface area contributed by atoms with Crippen LogP contribution in [0.4, 0.5) is 0 Å². The molecule has 1 fully saturated rings. The zero-order valence-corrected chi connectivity index (χ0v) is 15.5. The quantitative estimate of drug-likeness (QED) is 0.786. The van der Waals surface area contributed by atoms with Crippen LogP contribution in [0, 0.1) is 5.92 Å². The lowest BCUT2D eigenvalue weighted by atomic mass is 9.95. The summed E-state index contributed by atoms with van der Waals surface area (Å²) in [6.07, 6.45) is 2.31. The normalized spacial score (nSPS) is 20.0. The summed E-state index contributed by atoms with van der Waals surface area (Å²) in [4.78, 5) is 28.5. The average Bonchev–Trinajstić information content (AvgIpc) is 2.65. The Morgan fingerprint density at radius 1 is 1.31 bits per heavy atom. The van der Waals surface area contributed by atoms with E-state index in [2.05, 4.69) is 16.8 Å². The molecule has 1 atom stereocenters. The second-order valence-electron chi connectivity index (χ2n) is 6.66. The molecule has 1 aromatic rings. The molecule has 0 unspecified atom stereocenters. The maximum atomic E-state index is 12.8. The molecule has 0 aliphatic carbocycles. The topological polar surface area (TPSA) is 61.9 Å². The molecule has 1 saturated heterocycles. The number of hydrogen-bond donors (Lipinski definition) is 1. The summed E-state index contributed by atoms with van der Waals surface area (Å²) in [5, 5.41) is 3.43. The van der Waals surface area contributed by atoms with Gasteiger partial charge in [0.05, 0.1) is 12.5 Å². The number of benzene rings is 1. The number of ether oxygens (including phenoxy) is 1. The average molecular weight is 378 g/mol. The third-order valence-corrected chi connectivity index (χ3v) is 5.01. The first-order chi connectivity index (χ1) is 12.6. The van der Waals surface area contributed by atoms with E-state index in [1.165, 1.54) is 0 Å². The Morgan fingerprint density at radius 3 is 2.81 bits per heavy atom. The van der Waals surface area contributed by atoms with Gasteiger partial charge in [-0.3, -0.25) is 14.5 Å². The van der Waals surface area contributed by atoms with Crippen molar-refractivity contribution in [2.24, 2.45) is 5.92 Å². The van der Waals surface area contributed by atoms with Gasteiger partial charge in [-0.25, -0.2) is 0 Å². The highest BCUT2D eigenvalue weighted by Gasteiger charge is 2.31. The molecule has 0 saturated carbocycles. The van der Waals surface area contributed by atoms with Gasteiger partial charge in [-0.1, -0.05) is 17.7 Å². The van der Waals surface area contributed by atoms with E-state index in [1.807, 2.05) is 17.0 Å². The van der Waals surface area contributed by atoms with Crippen LogP contribution in [0.2, 0.25) is 5.02 Å². The van der Waals surface area contributed by atoms with Crippen molar-refractivity contribution in [2.75, 3.05) is 45.9 Å². The molecule has 6 nitrogen and oxygen atoms in total. The Kier molecular flexibility index (Phi) is 6.16. The fourth-order valence-electron chi connectivity index (χ4n) is 3.35. The van der Waals surface area contributed by atoms with E-state index in [0.29, 0.717) is 57.3 Å². The van der Waals surface area contributed by atoms with Crippen molar-refractivity contribution in [1.82, 2.24) is 15.1 Å². The summed E-state index contributed by atoms with van der Waals surface area (Å²) in [7, 11) is 0. The predicted molar refractivity (Wildman–Crippen MR) is 100 cm³/mol. The second-order valence-corrected chi connectivity index (χ2v) is 7.09.